The third-order valence-corrected chi connectivity index (χ3v) is 8.79. The lowest BCUT2D eigenvalue weighted by atomic mass is 10.2. The van der Waals surface area contributed by atoms with E-state index in [0.29, 0.717) is 23.0 Å². The van der Waals surface area contributed by atoms with E-state index in [-0.39, 0.29) is 18.0 Å². The van der Waals surface area contributed by atoms with Crippen LogP contribution in [0.1, 0.15) is 38.3 Å². The maximum Gasteiger partial charge on any atom is 0.573 e. The molecule has 0 saturated heterocycles. The summed E-state index contributed by atoms with van der Waals surface area (Å²) < 4.78 is 71.5. The Morgan fingerprint density at radius 3 is 2.28 bits per heavy atom. The van der Waals surface area contributed by atoms with E-state index in [4.69, 9.17) is 0 Å². The van der Waals surface area contributed by atoms with Crippen LogP contribution in [0.3, 0.4) is 0 Å². The number of fused-ring (bicyclic) bond motifs is 1. The molecule has 2 aromatic carbocycles. The van der Waals surface area contributed by atoms with Gasteiger partial charge in [-0.15, -0.1) is 24.5 Å². The van der Waals surface area contributed by atoms with E-state index in [1.165, 1.54) is 39.9 Å². The monoisotopic (exact) mass is 542 g/mol. The SMILES string of the molecule is CCCN(CCS(=O)(=O)N(Cc1ccc(OC(F)(F)F)cc1)c1sc2ccccc2c1C)CC(C)C. The van der Waals surface area contributed by atoms with E-state index in [1.54, 1.807) is 0 Å². The second-order valence-electron chi connectivity index (χ2n) is 9.24. The van der Waals surface area contributed by atoms with E-state index in [1.807, 2.05) is 31.2 Å². The third-order valence-electron chi connectivity index (χ3n) is 5.69. The molecule has 0 spiro atoms. The van der Waals surface area contributed by atoms with Gasteiger partial charge in [0.25, 0.3) is 0 Å². The average molecular weight is 543 g/mol. The third kappa shape index (κ3) is 7.60. The predicted octanol–water partition coefficient (Wildman–Crippen LogP) is 6.81. The van der Waals surface area contributed by atoms with E-state index >= 15 is 0 Å². The van der Waals surface area contributed by atoms with Crippen LogP contribution in [-0.4, -0.2) is 45.1 Å². The molecule has 0 saturated carbocycles. The molecule has 1 aromatic heterocycles. The van der Waals surface area contributed by atoms with Gasteiger partial charge < -0.3 is 9.64 Å². The molecule has 0 radical (unpaired) electrons. The Morgan fingerprint density at radius 1 is 1.03 bits per heavy atom. The van der Waals surface area contributed by atoms with E-state index in [0.717, 1.165) is 35.2 Å². The van der Waals surface area contributed by atoms with Crippen LogP contribution in [0, 0.1) is 12.8 Å². The maximum absolute atomic E-state index is 13.7. The summed E-state index contributed by atoms with van der Waals surface area (Å²) in [5.74, 6) is 0.0167. The van der Waals surface area contributed by atoms with Crippen LogP contribution in [0.15, 0.2) is 48.5 Å². The minimum Gasteiger partial charge on any atom is -0.406 e. The highest BCUT2D eigenvalue weighted by Gasteiger charge is 2.31. The Balaban J connectivity index is 1.93. The first kappa shape index (κ1) is 28.3. The topological polar surface area (TPSA) is 49.9 Å². The van der Waals surface area contributed by atoms with Gasteiger partial charge in [0.15, 0.2) is 0 Å². The van der Waals surface area contributed by atoms with Crippen LogP contribution in [0.5, 0.6) is 5.75 Å². The van der Waals surface area contributed by atoms with E-state index < -0.39 is 16.4 Å². The molecule has 0 fully saturated rings. The molecule has 0 bridgehead atoms. The number of anilines is 1. The smallest absolute Gasteiger partial charge is 0.406 e. The van der Waals surface area contributed by atoms with Gasteiger partial charge in [0, 0.05) is 17.8 Å². The molecule has 0 aliphatic heterocycles. The first-order valence-corrected chi connectivity index (χ1v) is 14.4. The summed E-state index contributed by atoms with van der Waals surface area (Å²) in [5, 5.41) is 1.61. The fraction of sp³-hybridized carbons (Fsp3) is 0.462. The quantitative estimate of drug-likeness (QED) is 0.252. The summed E-state index contributed by atoms with van der Waals surface area (Å²) in [6.45, 7) is 10.2. The lowest BCUT2D eigenvalue weighted by Crippen LogP contribution is -2.39. The van der Waals surface area contributed by atoms with Crippen molar-refractivity contribution in [3.8, 4) is 5.75 Å². The van der Waals surface area contributed by atoms with Crippen molar-refractivity contribution in [3.63, 3.8) is 0 Å². The Bertz CT molecular complexity index is 1240. The standard InChI is InChI=1S/C26H33F3N2O3S2/c1-5-14-30(17-19(2)3)15-16-36(32,33)31(25-20(4)23-8-6-7-9-24(23)35-25)18-21-10-12-22(13-11-21)34-26(27,28)29/h6-13,19H,5,14-18H2,1-4H3. The van der Waals surface area contributed by atoms with Crippen molar-refractivity contribution in [3.05, 3.63) is 59.7 Å². The van der Waals surface area contributed by atoms with Gasteiger partial charge >= 0.3 is 6.36 Å². The van der Waals surface area contributed by atoms with Gasteiger partial charge in [-0.05, 0) is 60.5 Å². The minimum atomic E-state index is -4.79. The average Bonchev–Trinajstić information content (AvgIpc) is 3.12. The summed E-state index contributed by atoms with van der Waals surface area (Å²) in [6, 6.07) is 13.1. The van der Waals surface area contributed by atoms with Crippen molar-refractivity contribution in [1.82, 2.24) is 4.90 Å². The number of thiophene rings is 1. The molecular weight excluding hydrogens is 509 g/mol. The van der Waals surface area contributed by atoms with Crippen LogP contribution < -0.4 is 9.04 Å². The van der Waals surface area contributed by atoms with Crippen molar-refractivity contribution in [1.29, 1.82) is 0 Å². The Kier molecular flexibility index (Phi) is 9.29. The molecule has 0 N–H and O–H groups in total. The fourth-order valence-corrected chi connectivity index (χ4v) is 7.15. The molecule has 0 unspecified atom stereocenters. The number of hydrogen-bond acceptors (Lipinski definition) is 5. The highest BCUT2D eigenvalue weighted by Crippen LogP contribution is 2.39. The lowest BCUT2D eigenvalue weighted by Gasteiger charge is -2.27. The summed E-state index contributed by atoms with van der Waals surface area (Å²) in [4.78, 5) is 2.17. The molecule has 5 nitrogen and oxygen atoms in total. The summed E-state index contributed by atoms with van der Waals surface area (Å²) in [6.07, 6.45) is -3.86. The number of hydrogen-bond donors (Lipinski definition) is 0. The van der Waals surface area contributed by atoms with Gasteiger partial charge in [0.2, 0.25) is 10.0 Å². The highest BCUT2D eigenvalue weighted by atomic mass is 32.2. The van der Waals surface area contributed by atoms with Gasteiger partial charge in [0.05, 0.1) is 12.3 Å². The first-order chi connectivity index (χ1) is 16.9. The number of halogens is 3. The molecule has 0 amide bonds. The van der Waals surface area contributed by atoms with Crippen LogP contribution >= 0.6 is 11.3 Å². The van der Waals surface area contributed by atoms with Crippen LogP contribution in [0.25, 0.3) is 10.1 Å². The molecule has 0 atom stereocenters. The predicted molar refractivity (Wildman–Crippen MR) is 141 cm³/mol. The molecule has 1 heterocycles. The normalized spacial score (nSPS) is 12.6. The number of ether oxygens (including phenoxy) is 1. The second-order valence-corrected chi connectivity index (χ2v) is 12.3. The molecule has 10 heteroatoms. The molecule has 3 rings (SSSR count). The van der Waals surface area contributed by atoms with Gasteiger partial charge in [0.1, 0.15) is 10.8 Å². The number of alkyl halides is 3. The van der Waals surface area contributed by atoms with Crippen molar-refractivity contribution in [2.75, 3.05) is 29.7 Å². The number of rotatable bonds is 12. The largest absolute Gasteiger partial charge is 0.573 e. The Morgan fingerprint density at radius 2 is 1.69 bits per heavy atom. The van der Waals surface area contributed by atoms with E-state index in [2.05, 4.69) is 30.4 Å². The molecule has 0 aliphatic carbocycles. The van der Waals surface area contributed by atoms with Crippen LogP contribution in [0.4, 0.5) is 18.2 Å². The number of benzene rings is 2. The zero-order valence-corrected chi connectivity index (χ0v) is 22.6. The Labute approximate surface area is 215 Å². The molecule has 0 aliphatic rings. The highest BCUT2D eigenvalue weighted by molar-refractivity contribution is 7.93. The van der Waals surface area contributed by atoms with Crippen molar-refractivity contribution in [2.45, 2.75) is 47.0 Å². The van der Waals surface area contributed by atoms with Crippen LogP contribution in [0.2, 0.25) is 0 Å². The zero-order valence-electron chi connectivity index (χ0n) is 21.0. The Hall–Kier alpha value is -2.30. The van der Waals surface area contributed by atoms with Crippen molar-refractivity contribution in [2.24, 2.45) is 5.92 Å². The second kappa shape index (κ2) is 11.8. The minimum absolute atomic E-state index is 0.0141. The van der Waals surface area contributed by atoms with Gasteiger partial charge in [-0.2, -0.15) is 0 Å². The maximum atomic E-state index is 13.7. The van der Waals surface area contributed by atoms with Crippen LogP contribution in [-0.2, 0) is 16.6 Å². The summed E-state index contributed by atoms with van der Waals surface area (Å²) >= 11 is 1.40. The fourth-order valence-electron chi connectivity index (χ4n) is 4.14. The van der Waals surface area contributed by atoms with Crippen molar-refractivity contribution >= 4 is 36.4 Å². The van der Waals surface area contributed by atoms with Gasteiger partial charge in [-0.1, -0.05) is 51.1 Å². The molecule has 198 valence electrons. The van der Waals surface area contributed by atoms with Crippen molar-refractivity contribution < 1.29 is 26.3 Å². The molecular formula is C26H33F3N2O3S2. The number of aryl methyl sites for hydroxylation is 1. The number of sulfonamides is 1. The summed E-state index contributed by atoms with van der Waals surface area (Å²) in [7, 11) is -3.74. The molecule has 3 aromatic rings. The first-order valence-electron chi connectivity index (χ1n) is 11.9. The van der Waals surface area contributed by atoms with E-state index in [9.17, 15) is 21.6 Å². The van der Waals surface area contributed by atoms with Gasteiger partial charge in [-0.25, -0.2) is 8.42 Å². The zero-order chi connectivity index (χ0) is 26.5. The van der Waals surface area contributed by atoms with Gasteiger partial charge in [-0.3, -0.25) is 4.31 Å². The lowest BCUT2D eigenvalue weighted by molar-refractivity contribution is -0.274. The summed E-state index contributed by atoms with van der Waals surface area (Å²) in [5.41, 5.74) is 1.43. The molecule has 36 heavy (non-hydrogen) atoms. The number of nitrogens with zero attached hydrogens (tertiary/aromatic N) is 2.